The van der Waals surface area contributed by atoms with Crippen molar-refractivity contribution >= 4 is 28.1 Å². The zero-order chi connectivity index (χ0) is 15.5. The third kappa shape index (κ3) is 3.31. The third-order valence-corrected chi connectivity index (χ3v) is 4.86. The van der Waals surface area contributed by atoms with Crippen molar-refractivity contribution in [2.75, 3.05) is 36.4 Å². The zero-order valence-electron chi connectivity index (χ0n) is 12.8. The standard InChI is InChI=1S/C15H20N4O2S/c1-11-10-13(21-17-11)16-15(20)12(2)18-5-7-19(8-6-18)14-4-3-9-22-14/h3-4,9-10,12H,5-8H2,1-2H3,(H,16,20)/t12-/m0/s1. The number of carbonyl (C=O) groups is 1. The van der Waals surface area contributed by atoms with E-state index in [9.17, 15) is 4.79 Å². The van der Waals surface area contributed by atoms with E-state index in [-0.39, 0.29) is 11.9 Å². The number of aryl methyl sites for hydroxylation is 1. The normalized spacial score (nSPS) is 17.5. The van der Waals surface area contributed by atoms with E-state index in [1.807, 2.05) is 13.8 Å². The molecule has 3 heterocycles. The second-order valence-electron chi connectivity index (χ2n) is 5.47. The van der Waals surface area contributed by atoms with Crippen molar-refractivity contribution < 1.29 is 9.32 Å². The average molecular weight is 320 g/mol. The van der Waals surface area contributed by atoms with E-state index < -0.39 is 0 Å². The summed E-state index contributed by atoms with van der Waals surface area (Å²) < 4.78 is 5.03. The van der Waals surface area contributed by atoms with Gasteiger partial charge in [0.2, 0.25) is 11.8 Å². The van der Waals surface area contributed by atoms with Crippen molar-refractivity contribution in [3.63, 3.8) is 0 Å². The molecule has 3 rings (SSSR count). The predicted octanol–water partition coefficient (Wildman–Crippen LogP) is 2.19. The van der Waals surface area contributed by atoms with E-state index in [2.05, 4.69) is 37.8 Å². The molecular weight excluding hydrogens is 300 g/mol. The maximum absolute atomic E-state index is 12.3. The fourth-order valence-electron chi connectivity index (χ4n) is 2.59. The van der Waals surface area contributed by atoms with Gasteiger partial charge in [-0.2, -0.15) is 0 Å². The molecule has 0 bridgehead atoms. The molecule has 2 aromatic heterocycles. The summed E-state index contributed by atoms with van der Waals surface area (Å²) in [4.78, 5) is 16.8. The van der Waals surface area contributed by atoms with Crippen LogP contribution in [0.15, 0.2) is 28.1 Å². The molecule has 6 nitrogen and oxygen atoms in total. The minimum Gasteiger partial charge on any atom is -0.361 e. The van der Waals surface area contributed by atoms with E-state index in [0.717, 1.165) is 31.9 Å². The Morgan fingerprint density at radius 3 is 2.77 bits per heavy atom. The fourth-order valence-corrected chi connectivity index (χ4v) is 3.38. The highest BCUT2D eigenvalue weighted by molar-refractivity contribution is 7.14. The van der Waals surface area contributed by atoms with E-state index in [1.165, 1.54) is 5.00 Å². The molecule has 7 heteroatoms. The number of carbonyl (C=O) groups excluding carboxylic acids is 1. The van der Waals surface area contributed by atoms with Gasteiger partial charge in [-0.15, -0.1) is 11.3 Å². The second kappa shape index (κ2) is 6.50. The molecule has 0 radical (unpaired) electrons. The van der Waals surface area contributed by atoms with Crippen LogP contribution in [0.5, 0.6) is 0 Å². The van der Waals surface area contributed by atoms with Crippen molar-refractivity contribution in [1.29, 1.82) is 0 Å². The molecule has 1 N–H and O–H groups in total. The smallest absolute Gasteiger partial charge is 0.243 e. The van der Waals surface area contributed by atoms with Gasteiger partial charge in [-0.1, -0.05) is 5.16 Å². The maximum Gasteiger partial charge on any atom is 0.243 e. The molecule has 0 aliphatic carbocycles. The summed E-state index contributed by atoms with van der Waals surface area (Å²) in [5.74, 6) is 0.354. The first-order chi connectivity index (χ1) is 10.6. The number of hydrogen-bond acceptors (Lipinski definition) is 6. The molecule has 1 fully saturated rings. The second-order valence-corrected chi connectivity index (χ2v) is 6.40. The van der Waals surface area contributed by atoms with Crippen LogP contribution in [-0.2, 0) is 4.79 Å². The summed E-state index contributed by atoms with van der Waals surface area (Å²) in [6.45, 7) is 7.40. The topological polar surface area (TPSA) is 61.6 Å². The maximum atomic E-state index is 12.3. The predicted molar refractivity (Wildman–Crippen MR) is 87.4 cm³/mol. The van der Waals surface area contributed by atoms with Gasteiger partial charge in [-0.05, 0) is 31.4 Å². The molecule has 0 unspecified atom stereocenters. The zero-order valence-corrected chi connectivity index (χ0v) is 13.6. The Labute approximate surface area is 133 Å². The van der Waals surface area contributed by atoms with Gasteiger partial charge in [0.25, 0.3) is 0 Å². The lowest BCUT2D eigenvalue weighted by Crippen LogP contribution is -2.52. The molecule has 1 saturated heterocycles. The molecule has 1 atom stereocenters. The Bertz CT molecular complexity index is 617. The molecule has 1 aliphatic heterocycles. The first-order valence-electron chi connectivity index (χ1n) is 7.40. The van der Waals surface area contributed by atoms with Gasteiger partial charge < -0.3 is 9.42 Å². The van der Waals surface area contributed by atoms with Crippen LogP contribution >= 0.6 is 11.3 Å². The first kappa shape index (κ1) is 15.1. The quantitative estimate of drug-likeness (QED) is 0.936. The summed E-state index contributed by atoms with van der Waals surface area (Å²) in [6.07, 6.45) is 0. The highest BCUT2D eigenvalue weighted by Crippen LogP contribution is 2.23. The number of nitrogens with zero attached hydrogens (tertiary/aromatic N) is 3. The van der Waals surface area contributed by atoms with Crippen LogP contribution in [0.4, 0.5) is 10.9 Å². The van der Waals surface area contributed by atoms with Crippen LogP contribution in [-0.4, -0.2) is 48.2 Å². The van der Waals surface area contributed by atoms with Crippen molar-refractivity contribution in [1.82, 2.24) is 10.1 Å². The Morgan fingerprint density at radius 1 is 1.41 bits per heavy atom. The summed E-state index contributed by atoms with van der Waals surface area (Å²) in [7, 11) is 0. The number of nitrogens with one attached hydrogen (secondary N) is 1. The molecule has 2 aromatic rings. The molecular formula is C15H20N4O2S. The Balaban J connectivity index is 1.53. The van der Waals surface area contributed by atoms with E-state index in [0.29, 0.717) is 5.88 Å². The Kier molecular flexibility index (Phi) is 4.44. The number of aromatic nitrogens is 1. The van der Waals surface area contributed by atoms with Gasteiger partial charge in [0.15, 0.2) is 0 Å². The van der Waals surface area contributed by atoms with Crippen molar-refractivity contribution in [2.24, 2.45) is 0 Å². The highest BCUT2D eigenvalue weighted by Gasteiger charge is 2.26. The highest BCUT2D eigenvalue weighted by atomic mass is 32.1. The van der Waals surface area contributed by atoms with Crippen molar-refractivity contribution in [3.8, 4) is 0 Å². The monoisotopic (exact) mass is 320 g/mol. The minimum atomic E-state index is -0.184. The van der Waals surface area contributed by atoms with Gasteiger partial charge in [0.05, 0.1) is 16.7 Å². The number of anilines is 2. The summed E-state index contributed by atoms with van der Waals surface area (Å²) in [6, 6.07) is 5.75. The third-order valence-electron chi connectivity index (χ3n) is 3.93. The van der Waals surface area contributed by atoms with Crippen LogP contribution in [0.3, 0.4) is 0 Å². The minimum absolute atomic E-state index is 0.0549. The number of thiophene rings is 1. The van der Waals surface area contributed by atoms with Gasteiger partial charge in [-0.3, -0.25) is 15.0 Å². The van der Waals surface area contributed by atoms with E-state index >= 15 is 0 Å². The van der Waals surface area contributed by atoms with E-state index in [1.54, 1.807) is 17.4 Å². The summed E-state index contributed by atoms with van der Waals surface area (Å²) in [5, 5.41) is 9.94. The largest absolute Gasteiger partial charge is 0.361 e. The molecule has 0 spiro atoms. The van der Waals surface area contributed by atoms with Crippen molar-refractivity contribution in [2.45, 2.75) is 19.9 Å². The van der Waals surface area contributed by atoms with Crippen molar-refractivity contribution in [3.05, 3.63) is 29.3 Å². The average Bonchev–Trinajstić information content (AvgIpc) is 3.18. The van der Waals surface area contributed by atoms with E-state index in [4.69, 9.17) is 4.52 Å². The Morgan fingerprint density at radius 2 is 2.18 bits per heavy atom. The molecule has 0 saturated carbocycles. The molecule has 118 valence electrons. The molecule has 1 aliphatic rings. The lowest BCUT2D eigenvalue weighted by Gasteiger charge is -2.37. The van der Waals surface area contributed by atoms with Gasteiger partial charge in [0.1, 0.15) is 0 Å². The van der Waals surface area contributed by atoms with Gasteiger partial charge in [0, 0.05) is 32.2 Å². The van der Waals surface area contributed by atoms with Crippen LogP contribution in [0.1, 0.15) is 12.6 Å². The van der Waals surface area contributed by atoms with Gasteiger partial charge in [-0.25, -0.2) is 0 Å². The number of hydrogen-bond donors (Lipinski definition) is 1. The molecule has 22 heavy (non-hydrogen) atoms. The lowest BCUT2D eigenvalue weighted by atomic mass is 10.2. The fraction of sp³-hybridized carbons (Fsp3) is 0.467. The number of amides is 1. The molecule has 1 amide bonds. The molecule has 0 aromatic carbocycles. The summed E-state index contributed by atoms with van der Waals surface area (Å²) >= 11 is 1.76. The van der Waals surface area contributed by atoms with Crippen LogP contribution < -0.4 is 10.2 Å². The van der Waals surface area contributed by atoms with Crippen LogP contribution in [0.2, 0.25) is 0 Å². The SMILES string of the molecule is Cc1cc(NC(=O)[C@H](C)N2CCN(c3cccs3)CC2)on1. The lowest BCUT2D eigenvalue weighted by molar-refractivity contribution is -0.121. The Hall–Kier alpha value is -1.86. The van der Waals surface area contributed by atoms with Crippen LogP contribution in [0, 0.1) is 6.92 Å². The number of rotatable bonds is 4. The first-order valence-corrected chi connectivity index (χ1v) is 8.28. The van der Waals surface area contributed by atoms with Gasteiger partial charge >= 0.3 is 0 Å². The van der Waals surface area contributed by atoms with Crippen LogP contribution in [0.25, 0.3) is 0 Å². The summed E-state index contributed by atoms with van der Waals surface area (Å²) in [5.41, 5.74) is 0.757. The number of piperazine rings is 1.